The first kappa shape index (κ1) is 15.6. The molecule has 0 unspecified atom stereocenters. The average molecular weight is 395 g/mol. The van der Waals surface area contributed by atoms with Crippen molar-refractivity contribution >= 4 is 54.8 Å². The van der Waals surface area contributed by atoms with E-state index in [0.29, 0.717) is 10.7 Å². The Morgan fingerprint density at radius 3 is 2.45 bits per heavy atom. The first-order chi connectivity index (χ1) is 9.32. The Bertz CT molecular complexity index is 750. The van der Waals surface area contributed by atoms with Crippen molar-refractivity contribution in [3.8, 4) is 0 Å². The van der Waals surface area contributed by atoms with Gasteiger partial charge in [0.15, 0.2) is 0 Å². The lowest BCUT2D eigenvalue weighted by Gasteiger charge is -2.20. The summed E-state index contributed by atoms with van der Waals surface area (Å²) in [7, 11) is -2.30. The topological polar surface area (TPSA) is 37.4 Å². The van der Waals surface area contributed by atoms with E-state index in [4.69, 9.17) is 23.2 Å². The van der Waals surface area contributed by atoms with Gasteiger partial charge in [-0.15, -0.1) is 0 Å². The predicted octanol–water partition coefficient (Wildman–Crippen LogP) is 4.58. The molecule has 0 aliphatic carbocycles. The SMILES string of the molecule is CN(c1cccc(Br)c1)S(=O)(=O)c1cc(Cl)ccc1Cl. The minimum atomic E-state index is -3.77. The molecule has 7 heteroatoms. The zero-order valence-electron chi connectivity index (χ0n) is 10.3. The van der Waals surface area contributed by atoms with E-state index in [-0.39, 0.29) is 9.92 Å². The smallest absolute Gasteiger partial charge is 0.265 e. The fraction of sp³-hybridized carbons (Fsp3) is 0.0769. The molecule has 0 aromatic heterocycles. The van der Waals surface area contributed by atoms with Crippen LogP contribution in [0.4, 0.5) is 5.69 Å². The van der Waals surface area contributed by atoms with E-state index in [1.807, 2.05) is 6.07 Å². The van der Waals surface area contributed by atoms with Crippen LogP contribution < -0.4 is 4.31 Å². The molecule has 20 heavy (non-hydrogen) atoms. The maximum absolute atomic E-state index is 12.6. The summed E-state index contributed by atoms with van der Waals surface area (Å²) >= 11 is 15.1. The minimum Gasteiger partial charge on any atom is -0.269 e. The van der Waals surface area contributed by atoms with Crippen LogP contribution in [0.2, 0.25) is 10.0 Å². The van der Waals surface area contributed by atoms with Gasteiger partial charge in [-0.05, 0) is 36.4 Å². The van der Waals surface area contributed by atoms with E-state index >= 15 is 0 Å². The van der Waals surface area contributed by atoms with Crippen molar-refractivity contribution in [3.63, 3.8) is 0 Å². The van der Waals surface area contributed by atoms with Crippen molar-refractivity contribution in [2.75, 3.05) is 11.4 Å². The number of rotatable bonds is 3. The van der Waals surface area contributed by atoms with Crippen LogP contribution in [-0.2, 0) is 10.0 Å². The van der Waals surface area contributed by atoms with Gasteiger partial charge >= 0.3 is 0 Å². The van der Waals surface area contributed by atoms with Crippen molar-refractivity contribution < 1.29 is 8.42 Å². The molecule has 0 amide bonds. The molecule has 106 valence electrons. The van der Waals surface area contributed by atoms with Crippen molar-refractivity contribution in [1.82, 2.24) is 0 Å². The molecular weight excluding hydrogens is 385 g/mol. The van der Waals surface area contributed by atoms with Crippen molar-refractivity contribution in [3.05, 3.63) is 57.0 Å². The molecule has 0 fully saturated rings. The first-order valence-electron chi connectivity index (χ1n) is 5.52. The number of nitrogens with zero attached hydrogens (tertiary/aromatic N) is 1. The normalized spacial score (nSPS) is 11.4. The third kappa shape index (κ3) is 3.11. The quantitative estimate of drug-likeness (QED) is 0.763. The van der Waals surface area contributed by atoms with E-state index < -0.39 is 10.0 Å². The number of halogens is 3. The van der Waals surface area contributed by atoms with Gasteiger partial charge in [0.1, 0.15) is 4.90 Å². The van der Waals surface area contributed by atoms with E-state index in [0.717, 1.165) is 8.78 Å². The standard InChI is InChI=1S/C13H10BrCl2NO2S/c1-17(11-4-2-3-9(14)7-11)20(18,19)13-8-10(15)5-6-12(13)16/h2-8H,1H3. The number of benzene rings is 2. The highest BCUT2D eigenvalue weighted by molar-refractivity contribution is 9.10. The Balaban J connectivity index is 2.52. The van der Waals surface area contributed by atoms with Crippen LogP contribution in [0.5, 0.6) is 0 Å². The molecular formula is C13H10BrCl2NO2S. The molecule has 0 atom stereocenters. The van der Waals surface area contributed by atoms with Gasteiger partial charge in [-0.2, -0.15) is 0 Å². The average Bonchev–Trinajstić information content (AvgIpc) is 2.40. The van der Waals surface area contributed by atoms with Crippen LogP contribution in [0.25, 0.3) is 0 Å². The lowest BCUT2D eigenvalue weighted by Crippen LogP contribution is -2.26. The van der Waals surface area contributed by atoms with Crippen LogP contribution in [0.1, 0.15) is 0 Å². The molecule has 0 saturated heterocycles. The summed E-state index contributed by atoms with van der Waals surface area (Å²) < 4.78 is 27.1. The molecule has 2 aromatic carbocycles. The van der Waals surface area contributed by atoms with E-state index in [2.05, 4.69) is 15.9 Å². The van der Waals surface area contributed by atoms with E-state index in [1.54, 1.807) is 24.3 Å². The summed E-state index contributed by atoms with van der Waals surface area (Å²) in [5.41, 5.74) is 0.524. The lowest BCUT2D eigenvalue weighted by molar-refractivity contribution is 0.594. The predicted molar refractivity (Wildman–Crippen MR) is 86.2 cm³/mol. The summed E-state index contributed by atoms with van der Waals surface area (Å²) in [5.74, 6) is 0. The molecule has 0 spiro atoms. The third-order valence-corrected chi connectivity index (χ3v) is 5.70. The van der Waals surface area contributed by atoms with Gasteiger partial charge in [-0.3, -0.25) is 4.31 Å². The van der Waals surface area contributed by atoms with Crippen LogP contribution in [0, 0.1) is 0 Å². The molecule has 0 heterocycles. The fourth-order valence-corrected chi connectivity index (χ4v) is 3.94. The van der Waals surface area contributed by atoms with Gasteiger partial charge in [-0.1, -0.05) is 45.2 Å². The molecule has 0 N–H and O–H groups in total. The highest BCUT2D eigenvalue weighted by Gasteiger charge is 2.24. The maximum atomic E-state index is 12.6. The molecule has 2 rings (SSSR count). The Hall–Kier alpha value is -0.750. The highest BCUT2D eigenvalue weighted by atomic mass is 79.9. The van der Waals surface area contributed by atoms with Crippen LogP contribution in [0.3, 0.4) is 0 Å². The maximum Gasteiger partial charge on any atom is 0.265 e. The van der Waals surface area contributed by atoms with Gasteiger partial charge in [0.25, 0.3) is 10.0 Å². The van der Waals surface area contributed by atoms with Gasteiger partial charge in [0.2, 0.25) is 0 Å². The Morgan fingerprint density at radius 1 is 1.10 bits per heavy atom. The van der Waals surface area contributed by atoms with Crippen molar-refractivity contribution in [2.45, 2.75) is 4.90 Å². The number of hydrogen-bond acceptors (Lipinski definition) is 2. The molecule has 0 saturated carbocycles. The minimum absolute atomic E-state index is 0.0193. The fourth-order valence-electron chi connectivity index (χ4n) is 1.63. The summed E-state index contributed by atoms with van der Waals surface area (Å²) in [6.45, 7) is 0. The third-order valence-electron chi connectivity index (χ3n) is 2.70. The van der Waals surface area contributed by atoms with E-state index in [9.17, 15) is 8.42 Å². The number of sulfonamides is 1. The summed E-state index contributed by atoms with van der Waals surface area (Å²) in [6.07, 6.45) is 0. The second-order valence-electron chi connectivity index (χ2n) is 4.03. The van der Waals surface area contributed by atoms with Gasteiger partial charge in [-0.25, -0.2) is 8.42 Å². The zero-order chi connectivity index (χ0) is 14.9. The van der Waals surface area contributed by atoms with Crippen LogP contribution in [-0.4, -0.2) is 15.5 Å². The lowest BCUT2D eigenvalue weighted by atomic mass is 10.3. The molecule has 0 aliphatic rings. The monoisotopic (exact) mass is 393 g/mol. The highest BCUT2D eigenvalue weighted by Crippen LogP contribution is 2.30. The van der Waals surface area contributed by atoms with Crippen LogP contribution in [0.15, 0.2) is 51.8 Å². The summed E-state index contributed by atoms with van der Waals surface area (Å²) in [5, 5.41) is 0.451. The molecule has 2 aromatic rings. The van der Waals surface area contributed by atoms with Crippen LogP contribution >= 0.6 is 39.1 Å². The molecule has 3 nitrogen and oxygen atoms in total. The van der Waals surface area contributed by atoms with Crippen molar-refractivity contribution in [2.24, 2.45) is 0 Å². The second-order valence-corrected chi connectivity index (χ2v) is 7.72. The molecule has 0 aliphatic heterocycles. The second kappa shape index (κ2) is 5.93. The van der Waals surface area contributed by atoms with Gasteiger partial charge in [0, 0.05) is 16.5 Å². The Labute approximate surface area is 136 Å². The molecule has 0 radical (unpaired) electrons. The summed E-state index contributed by atoms with van der Waals surface area (Å²) in [6, 6.07) is 11.3. The Kier molecular flexibility index (Phi) is 4.64. The first-order valence-corrected chi connectivity index (χ1v) is 8.51. The van der Waals surface area contributed by atoms with Crippen molar-refractivity contribution in [1.29, 1.82) is 0 Å². The zero-order valence-corrected chi connectivity index (χ0v) is 14.3. The molecule has 0 bridgehead atoms. The van der Waals surface area contributed by atoms with Gasteiger partial charge in [0.05, 0.1) is 10.7 Å². The largest absolute Gasteiger partial charge is 0.269 e. The summed E-state index contributed by atoms with van der Waals surface area (Å²) in [4.78, 5) is -0.0193. The van der Waals surface area contributed by atoms with Gasteiger partial charge < -0.3 is 0 Å². The number of hydrogen-bond donors (Lipinski definition) is 0. The van der Waals surface area contributed by atoms with E-state index in [1.165, 1.54) is 19.2 Å². The Morgan fingerprint density at radius 2 is 1.80 bits per heavy atom. The number of anilines is 1.